The van der Waals surface area contributed by atoms with Crippen LogP contribution in [-0.2, 0) is 4.74 Å². The molecule has 3 aromatic rings. The highest BCUT2D eigenvalue weighted by molar-refractivity contribution is 5.96. The smallest absolute Gasteiger partial charge is 0.320 e. The van der Waals surface area contributed by atoms with Gasteiger partial charge in [-0.1, -0.05) is 24.3 Å². The summed E-state index contributed by atoms with van der Waals surface area (Å²) in [7, 11) is 1.60. The summed E-state index contributed by atoms with van der Waals surface area (Å²) in [5, 5.41) is 10.0. The van der Waals surface area contributed by atoms with Gasteiger partial charge in [0.25, 0.3) is 5.91 Å². The lowest BCUT2D eigenvalue weighted by Crippen LogP contribution is -2.42. The molecule has 1 saturated heterocycles. The number of carbonyl (C=O) groups is 2. The van der Waals surface area contributed by atoms with Crippen LogP contribution >= 0.6 is 0 Å². The number of ether oxygens (including phenoxy) is 1. The molecule has 1 aromatic heterocycles. The molecule has 0 saturated carbocycles. The van der Waals surface area contributed by atoms with Crippen LogP contribution in [0.3, 0.4) is 0 Å². The van der Waals surface area contributed by atoms with Gasteiger partial charge >= 0.3 is 6.03 Å². The summed E-state index contributed by atoms with van der Waals surface area (Å²) in [5.41, 5.74) is 7.17. The third-order valence-corrected chi connectivity index (χ3v) is 6.28. The molecule has 4 N–H and O–H groups in total. The highest BCUT2D eigenvalue weighted by atomic mass is 19.2. The molecule has 2 aromatic carbocycles. The summed E-state index contributed by atoms with van der Waals surface area (Å²) in [6, 6.07) is 11.9. The predicted octanol–water partition coefficient (Wildman–Crippen LogP) is 2.79. The maximum absolute atomic E-state index is 14.0. The molecule has 190 valence electrons. The van der Waals surface area contributed by atoms with Crippen LogP contribution in [0.1, 0.15) is 27.5 Å². The van der Waals surface area contributed by atoms with E-state index in [2.05, 4.69) is 20.6 Å². The molecule has 9 nitrogen and oxygen atoms in total. The minimum atomic E-state index is -0.938. The van der Waals surface area contributed by atoms with E-state index in [-0.39, 0.29) is 11.6 Å². The number of benzene rings is 2. The lowest BCUT2D eigenvalue weighted by molar-refractivity contribution is 0.0994. The van der Waals surface area contributed by atoms with E-state index in [1.807, 2.05) is 6.07 Å². The van der Waals surface area contributed by atoms with Crippen molar-refractivity contribution >= 4 is 17.8 Å². The van der Waals surface area contributed by atoms with Crippen molar-refractivity contribution in [2.75, 3.05) is 38.7 Å². The van der Waals surface area contributed by atoms with Crippen LogP contribution in [0.5, 0.6) is 0 Å². The number of methoxy groups -OCH3 is 1. The monoisotopic (exact) mass is 498 g/mol. The maximum Gasteiger partial charge on any atom is 0.320 e. The number of rotatable bonds is 8. The molecule has 0 spiro atoms. The standard InChI is InChI=1S/C25H28F2N6O3/c1-15-22(23(28)34)31-33(17-6-4-3-5-7-17)24(15)30-25(35)29-21-14-32(10-11-36-2)13-18(21)16-8-9-19(26)20(27)12-16/h3-9,12,18,21H,10-11,13-14H2,1-2H3,(H2,28,34)(H2,29,30,35). The van der Waals surface area contributed by atoms with Gasteiger partial charge in [-0.25, -0.2) is 18.3 Å². The number of hydrogen-bond donors (Lipinski definition) is 3. The minimum absolute atomic E-state index is 0.0421. The summed E-state index contributed by atoms with van der Waals surface area (Å²) in [5.74, 6) is -2.55. The lowest BCUT2D eigenvalue weighted by Gasteiger charge is -2.21. The average molecular weight is 499 g/mol. The maximum atomic E-state index is 14.0. The van der Waals surface area contributed by atoms with Crippen LogP contribution in [0.4, 0.5) is 19.4 Å². The third-order valence-electron chi connectivity index (χ3n) is 6.28. The Balaban J connectivity index is 1.58. The van der Waals surface area contributed by atoms with Crippen LogP contribution in [0.15, 0.2) is 48.5 Å². The molecule has 1 fully saturated rings. The summed E-state index contributed by atoms with van der Waals surface area (Å²) < 4.78 is 34.1. The number of urea groups is 1. The summed E-state index contributed by atoms with van der Waals surface area (Å²) in [4.78, 5) is 27.1. The molecule has 1 aliphatic rings. The Morgan fingerprint density at radius 1 is 1.14 bits per heavy atom. The van der Waals surface area contributed by atoms with Gasteiger partial charge in [-0.3, -0.25) is 15.0 Å². The van der Waals surface area contributed by atoms with Gasteiger partial charge in [0.2, 0.25) is 0 Å². The van der Waals surface area contributed by atoms with Crippen molar-refractivity contribution in [1.29, 1.82) is 0 Å². The Morgan fingerprint density at radius 2 is 1.89 bits per heavy atom. The van der Waals surface area contributed by atoms with Crippen molar-refractivity contribution in [1.82, 2.24) is 20.0 Å². The van der Waals surface area contributed by atoms with Crippen molar-refractivity contribution in [3.8, 4) is 5.69 Å². The first-order valence-electron chi connectivity index (χ1n) is 11.5. The van der Waals surface area contributed by atoms with E-state index < -0.39 is 29.6 Å². The minimum Gasteiger partial charge on any atom is -0.383 e. The zero-order valence-electron chi connectivity index (χ0n) is 20.0. The molecule has 1 aliphatic heterocycles. The number of nitrogens with one attached hydrogen (secondary N) is 2. The van der Waals surface area contributed by atoms with Crippen molar-refractivity contribution in [3.63, 3.8) is 0 Å². The van der Waals surface area contributed by atoms with E-state index >= 15 is 0 Å². The third kappa shape index (κ3) is 5.37. The number of carbonyl (C=O) groups excluding carboxylic acids is 2. The molecular weight excluding hydrogens is 470 g/mol. The quantitative estimate of drug-likeness (QED) is 0.442. The molecule has 0 radical (unpaired) electrons. The number of halogens is 2. The van der Waals surface area contributed by atoms with Gasteiger partial charge in [-0.2, -0.15) is 5.10 Å². The number of primary amides is 1. The van der Waals surface area contributed by atoms with E-state index in [4.69, 9.17) is 10.5 Å². The molecule has 0 aliphatic carbocycles. The Kier molecular flexibility index (Phi) is 7.61. The molecule has 11 heteroatoms. The predicted molar refractivity (Wildman–Crippen MR) is 130 cm³/mol. The fourth-order valence-corrected chi connectivity index (χ4v) is 4.46. The summed E-state index contributed by atoms with van der Waals surface area (Å²) in [6.07, 6.45) is 0. The molecule has 4 rings (SSSR count). The van der Waals surface area contributed by atoms with E-state index in [1.165, 1.54) is 16.8 Å². The fraction of sp³-hybridized carbons (Fsp3) is 0.320. The second-order valence-corrected chi connectivity index (χ2v) is 8.67. The second-order valence-electron chi connectivity index (χ2n) is 8.67. The first-order chi connectivity index (χ1) is 17.3. The zero-order valence-corrected chi connectivity index (χ0v) is 20.0. The lowest BCUT2D eigenvalue weighted by atomic mass is 9.94. The number of aromatic nitrogens is 2. The van der Waals surface area contributed by atoms with E-state index in [1.54, 1.807) is 38.3 Å². The van der Waals surface area contributed by atoms with Crippen molar-refractivity contribution in [2.24, 2.45) is 5.73 Å². The van der Waals surface area contributed by atoms with Gasteiger partial charge in [-0.05, 0) is 36.8 Å². The van der Waals surface area contributed by atoms with E-state index in [0.29, 0.717) is 48.9 Å². The fourth-order valence-electron chi connectivity index (χ4n) is 4.46. The molecule has 0 bridgehead atoms. The van der Waals surface area contributed by atoms with Crippen LogP contribution in [0, 0.1) is 18.6 Å². The van der Waals surface area contributed by atoms with Crippen LogP contribution in [0.25, 0.3) is 5.69 Å². The zero-order chi connectivity index (χ0) is 25.8. The van der Waals surface area contributed by atoms with Crippen molar-refractivity contribution < 1.29 is 23.1 Å². The largest absolute Gasteiger partial charge is 0.383 e. The van der Waals surface area contributed by atoms with Crippen LogP contribution in [0.2, 0.25) is 0 Å². The van der Waals surface area contributed by atoms with Gasteiger partial charge in [0.15, 0.2) is 17.3 Å². The first kappa shape index (κ1) is 25.3. The number of likely N-dealkylation sites (tertiary alicyclic amines) is 1. The highest BCUT2D eigenvalue weighted by Gasteiger charge is 2.35. The first-order valence-corrected chi connectivity index (χ1v) is 11.5. The molecule has 2 atom stereocenters. The van der Waals surface area contributed by atoms with Gasteiger partial charge in [0.1, 0.15) is 5.82 Å². The number of amides is 3. The van der Waals surface area contributed by atoms with Gasteiger partial charge in [-0.15, -0.1) is 0 Å². The topological polar surface area (TPSA) is 115 Å². The SMILES string of the molecule is COCCN1CC(NC(=O)Nc2c(C)c(C(N)=O)nn2-c2ccccc2)C(c2ccc(F)c(F)c2)C1. The second kappa shape index (κ2) is 10.8. The Morgan fingerprint density at radius 3 is 2.56 bits per heavy atom. The van der Waals surface area contributed by atoms with Crippen molar-refractivity contribution in [3.05, 3.63) is 77.0 Å². The molecule has 3 amide bonds. The normalized spacial score (nSPS) is 17.8. The number of nitrogens with zero attached hydrogens (tertiary/aromatic N) is 3. The highest BCUT2D eigenvalue weighted by Crippen LogP contribution is 2.29. The van der Waals surface area contributed by atoms with E-state index in [9.17, 15) is 18.4 Å². The summed E-state index contributed by atoms with van der Waals surface area (Å²) >= 11 is 0. The number of nitrogens with two attached hydrogens (primary N) is 1. The van der Waals surface area contributed by atoms with Gasteiger partial charge < -0.3 is 15.8 Å². The molecule has 36 heavy (non-hydrogen) atoms. The Hall–Kier alpha value is -3.83. The van der Waals surface area contributed by atoms with Gasteiger partial charge in [0, 0.05) is 38.2 Å². The number of anilines is 1. The number of hydrogen-bond acceptors (Lipinski definition) is 5. The molecule has 2 unspecified atom stereocenters. The van der Waals surface area contributed by atoms with E-state index in [0.717, 1.165) is 6.07 Å². The molecular formula is C25H28F2N6O3. The van der Waals surface area contributed by atoms with Crippen LogP contribution < -0.4 is 16.4 Å². The average Bonchev–Trinajstić information content (AvgIpc) is 3.41. The Labute approximate surface area is 207 Å². The number of para-hydroxylation sites is 1. The van der Waals surface area contributed by atoms with Crippen LogP contribution in [-0.4, -0.2) is 66.0 Å². The van der Waals surface area contributed by atoms with Crippen molar-refractivity contribution in [2.45, 2.75) is 18.9 Å². The Bertz CT molecular complexity index is 1250. The van der Waals surface area contributed by atoms with Gasteiger partial charge in [0.05, 0.1) is 18.3 Å². The molecule has 2 heterocycles. The summed E-state index contributed by atoms with van der Waals surface area (Å²) in [6.45, 7) is 3.79.